The van der Waals surface area contributed by atoms with E-state index in [9.17, 15) is 22.6 Å². The molecule has 0 atom stereocenters. The van der Waals surface area contributed by atoms with Gasteiger partial charge in [0.1, 0.15) is 16.1 Å². The second-order valence-corrected chi connectivity index (χ2v) is 8.58. The van der Waals surface area contributed by atoms with Crippen LogP contribution < -0.4 is 0 Å². The molecule has 1 radical (unpaired) electrons. The maximum atomic E-state index is 12.1. The van der Waals surface area contributed by atoms with Gasteiger partial charge in [-0.25, -0.2) is 9.59 Å². The third-order valence-electron chi connectivity index (χ3n) is 2.51. The van der Waals surface area contributed by atoms with Crippen molar-refractivity contribution in [2.75, 3.05) is 0 Å². The first-order valence-corrected chi connectivity index (χ1v) is 8.62. The van der Waals surface area contributed by atoms with E-state index in [0.717, 1.165) is 12.1 Å². The summed E-state index contributed by atoms with van der Waals surface area (Å²) in [6.45, 7) is 9.82. The first-order chi connectivity index (χ1) is 10.6. The normalized spacial score (nSPS) is 12.1. The topological polar surface area (TPSA) is 107 Å². The van der Waals surface area contributed by atoms with E-state index in [-0.39, 0.29) is 30.0 Å². The van der Waals surface area contributed by atoms with Gasteiger partial charge < -0.3 is 9.47 Å². The molecular weight excluding hydrogens is 343 g/mol. The van der Waals surface area contributed by atoms with Crippen molar-refractivity contribution in [3.05, 3.63) is 29.3 Å². The monoisotopic (exact) mass is 365 g/mol. The molecule has 9 heteroatoms. The number of hydrogen-bond acceptors (Lipinski definition) is 6. The molecule has 0 aliphatic heterocycles. The van der Waals surface area contributed by atoms with Gasteiger partial charge in [0, 0.05) is 18.9 Å². The van der Waals surface area contributed by atoms with Crippen LogP contribution >= 0.6 is 0 Å². The zero-order valence-corrected chi connectivity index (χ0v) is 16.4. The zero-order chi connectivity index (χ0) is 18.9. The van der Waals surface area contributed by atoms with E-state index in [4.69, 9.17) is 9.47 Å². The molecule has 0 saturated carbocycles. The summed E-state index contributed by atoms with van der Waals surface area (Å²) in [4.78, 5) is 23.5. The summed E-state index contributed by atoms with van der Waals surface area (Å²) < 4.78 is 42.8. The summed E-state index contributed by atoms with van der Waals surface area (Å²) >= 11 is 0. The average molecular weight is 365 g/mol. The maximum absolute atomic E-state index is 12.1. The molecule has 0 amide bonds. The van der Waals surface area contributed by atoms with E-state index in [2.05, 4.69) is 0 Å². The maximum Gasteiger partial charge on any atom is 0.340 e. The fourth-order valence-corrected chi connectivity index (χ4v) is 2.41. The largest absolute Gasteiger partial charge is 0.456 e. The molecule has 0 saturated heterocycles. The van der Waals surface area contributed by atoms with Gasteiger partial charge >= 0.3 is 11.9 Å². The third-order valence-corrected chi connectivity index (χ3v) is 3.41. The molecule has 25 heavy (non-hydrogen) atoms. The summed E-state index contributed by atoms with van der Waals surface area (Å²) in [6, 6.07) is 3.24. The van der Waals surface area contributed by atoms with Gasteiger partial charge in [0.05, 0.1) is 11.1 Å². The van der Waals surface area contributed by atoms with Crippen molar-refractivity contribution in [1.29, 1.82) is 0 Å². The molecule has 0 bridgehead atoms. The Morgan fingerprint density at radius 1 is 0.920 bits per heavy atom. The van der Waals surface area contributed by atoms with Crippen LogP contribution in [0.15, 0.2) is 23.1 Å². The summed E-state index contributed by atoms with van der Waals surface area (Å²) in [5.41, 5.74) is -2.10. The van der Waals surface area contributed by atoms with Crippen LogP contribution in [0.3, 0.4) is 0 Å². The number of hydrogen-bond donors (Lipinski definition) is 1. The number of carbonyl (C=O) groups is 2. The van der Waals surface area contributed by atoms with Gasteiger partial charge in [-0.15, -0.1) is 0 Å². The molecule has 135 valence electrons. The van der Waals surface area contributed by atoms with Crippen LogP contribution in [0.4, 0.5) is 0 Å². The number of benzene rings is 1. The molecule has 0 heterocycles. The van der Waals surface area contributed by atoms with Gasteiger partial charge in [-0.3, -0.25) is 4.55 Å². The fraction of sp³-hybridized carbons (Fsp3) is 0.500. The standard InChI is InChI=1S/C16H22O7S.Li/c1-15(2,3)22-13(17)10-7-8-11(12(9-10)24(19,20)21)14(18)23-16(4,5)6;/h7-9H,1-6H3,(H,19,20,21);. The predicted molar refractivity (Wildman–Crippen MR) is 92.3 cm³/mol. The average Bonchev–Trinajstić information content (AvgIpc) is 2.32. The van der Waals surface area contributed by atoms with Crippen molar-refractivity contribution in [3.8, 4) is 0 Å². The van der Waals surface area contributed by atoms with E-state index in [0.29, 0.717) is 0 Å². The molecular formula is C16H22LiO7S. The Morgan fingerprint density at radius 3 is 1.76 bits per heavy atom. The van der Waals surface area contributed by atoms with Gasteiger partial charge in [0.25, 0.3) is 10.1 Å². The van der Waals surface area contributed by atoms with Crippen molar-refractivity contribution in [2.45, 2.75) is 57.6 Å². The minimum Gasteiger partial charge on any atom is -0.456 e. The molecule has 1 aromatic rings. The Kier molecular flexibility index (Phi) is 7.49. The molecule has 1 aromatic carbocycles. The Morgan fingerprint density at radius 2 is 1.36 bits per heavy atom. The minimum atomic E-state index is -4.74. The molecule has 1 rings (SSSR count). The van der Waals surface area contributed by atoms with Crippen molar-refractivity contribution >= 4 is 40.9 Å². The molecule has 0 fully saturated rings. The van der Waals surface area contributed by atoms with Gasteiger partial charge in [0.15, 0.2) is 0 Å². The molecule has 0 aliphatic carbocycles. The van der Waals surface area contributed by atoms with Crippen molar-refractivity contribution < 1.29 is 32.0 Å². The minimum absolute atomic E-state index is 0. The van der Waals surface area contributed by atoms with Crippen molar-refractivity contribution in [3.63, 3.8) is 0 Å². The summed E-state index contributed by atoms with van der Waals surface area (Å²) in [7, 11) is -4.74. The number of rotatable bonds is 3. The van der Waals surface area contributed by atoms with Crippen LogP contribution in [0.2, 0.25) is 0 Å². The predicted octanol–water partition coefficient (Wildman–Crippen LogP) is 2.46. The van der Waals surface area contributed by atoms with Crippen LogP contribution in [0.25, 0.3) is 0 Å². The second kappa shape index (κ2) is 7.92. The van der Waals surface area contributed by atoms with Crippen LogP contribution in [-0.4, -0.2) is 55.0 Å². The van der Waals surface area contributed by atoms with E-state index in [1.807, 2.05) is 0 Å². The second-order valence-electron chi connectivity index (χ2n) is 7.19. The molecule has 0 aromatic heterocycles. The van der Waals surface area contributed by atoms with Crippen LogP contribution in [-0.2, 0) is 19.6 Å². The van der Waals surface area contributed by atoms with E-state index in [1.54, 1.807) is 41.5 Å². The Bertz CT molecular complexity index is 756. The molecule has 0 aliphatic rings. The molecule has 0 spiro atoms. The van der Waals surface area contributed by atoms with Crippen LogP contribution in [0.5, 0.6) is 0 Å². The SMILES string of the molecule is CC(C)(C)OC(=O)c1ccc(C(=O)OC(C)(C)C)c(S(=O)(=O)O)c1.[Li]. The van der Waals surface area contributed by atoms with Gasteiger partial charge in [-0.2, -0.15) is 8.42 Å². The van der Waals surface area contributed by atoms with Gasteiger partial charge in [-0.05, 0) is 59.7 Å². The third kappa shape index (κ3) is 7.61. The Hall–Kier alpha value is -1.33. The van der Waals surface area contributed by atoms with E-state index < -0.39 is 38.2 Å². The molecule has 1 N–H and O–H groups in total. The summed E-state index contributed by atoms with van der Waals surface area (Å²) in [5.74, 6) is -1.70. The number of ether oxygens (including phenoxy) is 2. The molecule has 7 nitrogen and oxygen atoms in total. The van der Waals surface area contributed by atoms with Crippen molar-refractivity contribution in [1.82, 2.24) is 0 Å². The zero-order valence-electron chi connectivity index (χ0n) is 15.5. The number of carbonyl (C=O) groups excluding carboxylic acids is 2. The van der Waals surface area contributed by atoms with Crippen LogP contribution in [0.1, 0.15) is 62.3 Å². The van der Waals surface area contributed by atoms with Gasteiger partial charge in [-0.1, -0.05) is 0 Å². The number of esters is 2. The van der Waals surface area contributed by atoms with E-state index >= 15 is 0 Å². The van der Waals surface area contributed by atoms with Crippen LogP contribution in [0, 0.1) is 0 Å². The first kappa shape index (κ1) is 23.7. The summed E-state index contributed by atoms with van der Waals surface area (Å²) in [6.07, 6.45) is 0. The Balaban J connectivity index is 0.00000576. The fourth-order valence-electron chi connectivity index (χ4n) is 1.70. The molecule has 0 unspecified atom stereocenters. The van der Waals surface area contributed by atoms with Gasteiger partial charge in [0.2, 0.25) is 0 Å². The quantitative estimate of drug-likeness (QED) is 0.498. The summed E-state index contributed by atoms with van der Waals surface area (Å²) in [5, 5.41) is 0. The van der Waals surface area contributed by atoms with E-state index in [1.165, 1.54) is 6.07 Å². The Labute approximate surface area is 160 Å². The van der Waals surface area contributed by atoms with Crippen molar-refractivity contribution in [2.24, 2.45) is 0 Å². The first-order valence-electron chi connectivity index (χ1n) is 7.18. The smallest absolute Gasteiger partial charge is 0.340 e.